The smallest absolute Gasteiger partial charge is 0.265 e. The molecular formula is C26H28IN3O7. The number of rotatable bonds is 15. The lowest BCUT2D eigenvalue weighted by Gasteiger charge is -2.13. The second kappa shape index (κ2) is 12.9. The first-order valence-electron chi connectivity index (χ1n) is 12.1. The predicted octanol–water partition coefficient (Wildman–Crippen LogP) is 2.96. The van der Waals surface area contributed by atoms with Crippen LogP contribution in [0.2, 0.25) is 0 Å². The maximum atomic E-state index is 12.5. The molecule has 10 nitrogen and oxygen atoms in total. The molecular weight excluding hydrogens is 593 g/mol. The Hall–Kier alpha value is -3.19. The molecule has 37 heavy (non-hydrogen) atoms. The highest BCUT2D eigenvalue weighted by molar-refractivity contribution is 14.1. The van der Waals surface area contributed by atoms with Gasteiger partial charge in [-0.2, -0.15) is 0 Å². The van der Waals surface area contributed by atoms with E-state index >= 15 is 0 Å². The number of nitrogens with one attached hydrogen (secondary N) is 2. The Kier molecular flexibility index (Phi) is 9.34. The molecule has 0 atom stereocenters. The normalized spacial score (nSPS) is 12.8. The van der Waals surface area contributed by atoms with Crippen LogP contribution in [0.1, 0.15) is 46.4 Å². The van der Waals surface area contributed by atoms with E-state index in [0.717, 1.165) is 27.1 Å². The number of fused-ring (bicyclic) bond motifs is 5. The lowest BCUT2D eigenvalue weighted by molar-refractivity contribution is -0.123. The van der Waals surface area contributed by atoms with Crippen LogP contribution in [0, 0.1) is 3.57 Å². The SMILES string of the molecule is O=C(CCOCCNC(=O)CCN1C(=O)c2c(c3ccc2o3)C1=O)NCCCCOc1ccc(I)cc1. The number of unbranched alkanes of at least 4 members (excludes halogenated alkanes) is 1. The van der Waals surface area contributed by atoms with E-state index in [9.17, 15) is 19.2 Å². The topological polar surface area (TPSA) is 127 Å². The minimum atomic E-state index is -0.431. The molecule has 1 aliphatic heterocycles. The first-order chi connectivity index (χ1) is 17.9. The number of nitrogens with zero attached hydrogens (tertiary/aromatic N) is 1. The first kappa shape index (κ1) is 26.9. The largest absolute Gasteiger partial charge is 0.494 e. The van der Waals surface area contributed by atoms with Crippen LogP contribution in [0.5, 0.6) is 5.75 Å². The maximum Gasteiger partial charge on any atom is 0.265 e. The zero-order chi connectivity index (χ0) is 26.2. The number of carbonyl (C=O) groups excluding carboxylic acids is 4. The van der Waals surface area contributed by atoms with Crippen molar-refractivity contribution in [2.75, 3.05) is 39.5 Å². The molecule has 2 N–H and O–H groups in total. The molecule has 3 aromatic rings. The minimum Gasteiger partial charge on any atom is -0.494 e. The van der Waals surface area contributed by atoms with E-state index in [1.54, 1.807) is 12.1 Å². The molecule has 0 unspecified atom stereocenters. The van der Waals surface area contributed by atoms with Crippen LogP contribution < -0.4 is 15.4 Å². The number of hydrogen-bond donors (Lipinski definition) is 2. The Morgan fingerprint density at radius 1 is 0.811 bits per heavy atom. The summed E-state index contributed by atoms with van der Waals surface area (Å²) in [5, 5.41) is 5.54. The van der Waals surface area contributed by atoms with Crippen molar-refractivity contribution in [3.63, 3.8) is 0 Å². The van der Waals surface area contributed by atoms with Crippen molar-refractivity contribution >= 4 is 57.4 Å². The van der Waals surface area contributed by atoms with E-state index in [1.165, 1.54) is 0 Å². The predicted molar refractivity (Wildman–Crippen MR) is 143 cm³/mol. The summed E-state index contributed by atoms with van der Waals surface area (Å²) in [6.45, 7) is 1.95. The summed E-state index contributed by atoms with van der Waals surface area (Å²) in [5.74, 6) is -0.405. The Morgan fingerprint density at radius 3 is 2.16 bits per heavy atom. The third-order valence-electron chi connectivity index (χ3n) is 5.85. The molecule has 4 rings (SSSR count). The highest BCUT2D eigenvalue weighted by atomic mass is 127. The maximum absolute atomic E-state index is 12.5. The van der Waals surface area contributed by atoms with Gasteiger partial charge in [0.25, 0.3) is 11.8 Å². The Morgan fingerprint density at radius 2 is 1.46 bits per heavy atom. The summed E-state index contributed by atoms with van der Waals surface area (Å²) in [4.78, 5) is 50.0. The molecule has 4 amide bonds. The number of amides is 4. The van der Waals surface area contributed by atoms with Crippen molar-refractivity contribution in [3.05, 3.63) is 51.1 Å². The van der Waals surface area contributed by atoms with Gasteiger partial charge in [-0.1, -0.05) is 0 Å². The van der Waals surface area contributed by atoms with Gasteiger partial charge in [0, 0.05) is 36.0 Å². The second-order valence-electron chi connectivity index (χ2n) is 8.50. The monoisotopic (exact) mass is 621 g/mol. The second-order valence-corrected chi connectivity index (χ2v) is 9.74. The van der Waals surface area contributed by atoms with Crippen molar-refractivity contribution in [1.29, 1.82) is 0 Å². The lowest BCUT2D eigenvalue weighted by atomic mass is 10.1. The summed E-state index contributed by atoms with van der Waals surface area (Å²) < 4.78 is 17.6. The van der Waals surface area contributed by atoms with Gasteiger partial charge in [-0.25, -0.2) is 0 Å². The van der Waals surface area contributed by atoms with E-state index < -0.39 is 11.8 Å². The summed E-state index contributed by atoms with van der Waals surface area (Å²) in [5.41, 5.74) is 1.35. The number of halogens is 1. The average molecular weight is 621 g/mol. The van der Waals surface area contributed by atoms with Gasteiger partial charge in [-0.3, -0.25) is 24.1 Å². The van der Waals surface area contributed by atoms with E-state index in [4.69, 9.17) is 13.9 Å². The van der Waals surface area contributed by atoms with Gasteiger partial charge in [-0.15, -0.1) is 0 Å². The van der Waals surface area contributed by atoms with Gasteiger partial charge in [0.05, 0.1) is 30.9 Å². The molecule has 0 radical (unpaired) electrons. The summed E-state index contributed by atoms with van der Waals surface area (Å²) >= 11 is 2.24. The molecule has 0 fully saturated rings. The van der Waals surface area contributed by atoms with E-state index in [0.29, 0.717) is 24.3 Å². The highest BCUT2D eigenvalue weighted by Crippen LogP contribution is 2.35. The fourth-order valence-corrected chi connectivity index (χ4v) is 4.30. The van der Waals surface area contributed by atoms with Crippen LogP contribution in [0.3, 0.4) is 0 Å². The molecule has 1 aliphatic rings. The van der Waals surface area contributed by atoms with E-state index in [2.05, 4.69) is 33.2 Å². The molecule has 2 aromatic heterocycles. The molecule has 0 saturated heterocycles. The highest BCUT2D eigenvalue weighted by Gasteiger charge is 2.41. The zero-order valence-corrected chi connectivity index (χ0v) is 22.4. The van der Waals surface area contributed by atoms with Crippen molar-refractivity contribution in [3.8, 4) is 5.75 Å². The van der Waals surface area contributed by atoms with Crippen molar-refractivity contribution < 1.29 is 33.1 Å². The van der Waals surface area contributed by atoms with Crippen LogP contribution in [-0.4, -0.2) is 68.0 Å². The van der Waals surface area contributed by atoms with Crippen molar-refractivity contribution in [2.45, 2.75) is 25.7 Å². The standard InChI is InChI=1S/C26H28IN3O7/c27-17-3-5-18(6-4-17)36-14-2-1-11-28-22(32)10-15-35-16-12-29-21(31)9-13-30-25(33)23-19-7-8-20(37-19)24(23)26(30)34/h3-8H,1-2,9-16H2,(H,28,32)(H,29,31). The van der Waals surface area contributed by atoms with E-state index in [-0.39, 0.29) is 62.1 Å². The zero-order valence-electron chi connectivity index (χ0n) is 20.2. The Bertz CT molecular complexity index is 1200. The molecule has 3 heterocycles. The molecule has 0 spiro atoms. The van der Waals surface area contributed by atoms with Crippen LogP contribution in [-0.2, 0) is 14.3 Å². The van der Waals surface area contributed by atoms with Gasteiger partial charge in [0.2, 0.25) is 11.8 Å². The van der Waals surface area contributed by atoms with Gasteiger partial charge >= 0.3 is 0 Å². The molecule has 1 aromatic carbocycles. The molecule has 196 valence electrons. The number of ether oxygens (including phenoxy) is 2. The summed E-state index contributed by atoms with van der Waals surface area (Å²) in [6.07, 6.45) is 1.89. The first-order valence-corrected chi connectivity index (χ1v) is 13.2. The number of imide groups is 1. The average Bonchev–Trinajstić information content (AvgIpc) is 3.57. The summed E-state index contributed by atoms with van der Waals surface area (Å²) in [7, 11) is 0. The molecule has 0 saturated carbocycles. The number of furan rings is 2. The molecule has 0 aliphatic carbocycles. The van der Waals surface area contributed by atoms with Gasteiger partial charge in [0.15, 0.2) is 0 Å². The van der Waals surface area contributed by atoms with E-state index in [1.807, 2.05) is 24.3 Å². The fraction of sp³-hybridized carbons (Fsp3) is 0.385. The van der Waals surface area contributed by atoms with Crippen LogP contribution >= 0.6 is 22.6 Å². The molecule has 2 bridgehead atoms. The number of benzene rings is 2. The third-order valence-corrected chi connectivity index (χ3v) is 6.57. The van der Waals surface area contributed by atoms with Gasteiger partial charge < -0.3 is 24.5 Å². The van der Waals surface area contributed by atoms with Crippen molar-refractivity contribution in [2.24, 2.45) is 0 Å². The quantitative estimate of drug-likeness (QED) is 0.152. The van der Waals surface area contributed by atoms with Gasteiger partial charge in [-0.05, 0) is 71.8 Å². The lowest BCUT2D eigenvalue weighted by Crippen LogP contribution is -2.35. The van der Waals surface area contributed by atoms with Crippen LogP contribution in [0.4, 0.5) is 0 Å². The number of hydrogen-bond acceptors (Lipinski definition) is 7. The van der Waals surface area contributed by atoms with Crippen molar-refractivity contribution in [1.82, 2.24) is 15.5 Å². The minimum absolute atomic E-state index is 0.00408. The van der Waals surface area contributed by atoms with Gasteiger partial charge in [0.1, 0.15) is 16.9 Å². The third kappa shape index (κ3) is 6.98. The van der Waals surface area contributed by atoms with Crippen LogP contribution in [0.15, 0.2) is 40.8 Å². The molecule has 11 heteroatoms. The Labute approximate surface area is 227 Å². The Balaban J connectivity index is 0.979. The van der Waals surface area contributed by atoms with Crippen LogP contribution in [0.25, 0.3) is 11.2 Å². The number of carbonyl (C=O) groups is 4. The summed E-state index contributed by atoms with van der Waals surface area (Å²) in [6, 6.07) is 11.2. The fourth-order valence-electron chi connectivity index (χ4n) is 3.94.